The average molecular weight is 275 g/mol. The van der Waals surface area contributed by atoms with Crippen LogP contribution in [0.15, 0.2) is 0 Å². The van der Waals surface area contributed by atoms with Crippen LogP contribution in [0.1, 0.15) is 39.5 Å². The Hall–Kier alpha value is -0.170. The van der Waals surface area contributed by atoms with Gasteiger partial charge in [-0.3, -0.25) is 4.90 Å². The zero-order valence-corrected chi connectivity index (χ0v) is 12.2. The van der Waals surface area contributed by atoms with Crippen molar-refractivity contribution in [3.05, 3.63) is 0 Å². The summed E-state index contributed by atoms with van der Waals surface area (Å²) >= 11 is 0. The van der Waals surface area contributed by atoms with Gasteiger partial charge in [0.15, 0.2) is 0 Å². The third-order valence-corrected chi connectivity index (χ3v) is 6.00. The van der Waals surface area contributed by atoms with E-state index in [9.17, 15) is 8.42 Å². The Kier molecular flexibility index (Phi) is 4.64. The van der Waals surface area contributed by atoms with Gasteiger partial charge in [0.05, 0.1) is 0 Å². The Morgan fingerprint density at radius 1 is 1.17 bits per heavy atom. The normalized spacial score (nSPS) is 29.7. The fraction of sp³-hybridized carbons (Fsp3) is 1.00. The number of nitrogens with one attached hydrogen (secondary N) is 1. The summed E-state index contributed by atoms with van der Waals surface area (Å²) in [6, 6.07) is 0.528. The molecule has 0 bridgehead atoms. The summed E-state index contributed by atoms with van der Waals surface area (Å²) in [6.07, 6.45) is 4.56. The highest BCUT2D eigenvalue weighted by atomic mass is 32.2. The molecular weight excluding hydrogens is 250 g/mol. The topological polar surface area (TPSA) is 52.7 Å². The molecule has 1 N–H and O–H groups in total. The Morgan fingerprint density at radius 2 is 1.89 bits per heavy atom. The third-order valence-electron chi connectivity index (χ3n) is 4.20. The van der Waals surface area contributed by atoms with E-state index >= 15 is 0 Å². The van der Waals surface area contributed by atoms with Crippen molar-refractivity contribution in [1.82, 2.24) is 13.9 Å². The van der Waals surface area contributed by atoms with E-state index in [1.165, 1.54) is 17.1 Å². The highest BCUT2D eigenvalue weighted by Crippen LogP contribution is 2.27. The van der Waals surface area contributed by atoms with E-state index in [0.717, 1.165) is 25.9 Å². The zero-order valence-electron chi connectivity index (χ0n) is 11.4. The Bertz CT molecular complexity index is 368. The molecule has 2 atom stereocenters. The monoisotopic (exact) mass is 275 g/mol. The molecule has 5 nitrogen and oxygen atoms in total. The number of fused-ring (bicyclic) bond motifs is 1. The van der Waals surface area contributed by atoms with Crippen molar-refractivity contribution >= 4 is 10.2 Å². The van der Waals surface area contributed by atoms with E-state index < -0.39 is 10.2 Å². The molecule has 2 rings (SSSR count). The summed E-state index contributed by atoms with van der Waals surface area (Å²) in [7, 11) is -3.30. The van der Waals surface area contributed by atoms with Gasteiger partial charge in [-0.1, -0.05) is 20.3 Å². The maximum Gasteiger partial charge on any atom is 0.279 e. The first-order chi connectivity index (χ1) is 8.58. The molecule has 2 heterocycles. The largest absolute Gasteiger partial charge is 0.299 e. The number of hydrogen-bond donors (Lipinski definition) is 1. The van der Waals surface area contributed by atoms with Crippen LogP contribution in [-0.4, -0.2) is 55.9 Å². The molecule has 0 amide bonds. The highest BCUT2D eigenvalue weighted by Gasteiger charge is 2.38. The van der Waals surface area contributed by atoms with Gasteiger partial charge >= 0.3 is 0 Å². The molecule has 0 saturated carbocycles. The van der Waals surface area contributed by atoms with Crippen molar-refractivity contribution in [2.24, 2.45) is 0 Å². The highest BCUT2D eigenvalue weighted by molar-refractivity contribution is 7.87. The number of hydrogen-bond acceptors (Lipinski definition) is 3. The van der Waals surface area contributed by atoms with Gasteiger partial charge in [0, 0.05) is 31.7 Å². The van der Waals surface area contributed by atoms with Crippen LogP contribution in [-0.2, 0) is 10.2 Å². The summed E-state index contributed by atoms with van der Waals surface area (Å²) in [5.74, 6) is 0. The van der Waals surface area contributed by atoms with E-state index in [2.05, 4.69) is 9.62 Å². The molecule has 2 saturated heterocycles. The van der Waals surface area contributed by atoms with Crippen LogP contribution in [0.25, 0.3) is 0 Å². The van der Waals surface area contributed by atoms with Crippen LogP contribution >= 0.6 is 0 Å². The summed E-state index contributed by atoms with van der Waals surface area (Å²) in [5, 5.41) is 0. The van der Waals surface area contributed by atoms with Gasteiger partial charge in [-0.2, -0.15) is 17.4 Å². The standard InChI is InChI=1S/C12H25N3O2S/c1-3-15(4-2)18(16,17)13-11-8-10-14-9-6-5-7-12(11)14/h11-13H,3-10H2,1-2H3. The van der Waals surface area contributed by atoms with E-state index in [4.69, 9.17) is 0 Å². The number of rotatable bonds is 5. The summed E-state index contributed by atoms with van der Waals surface area (Å²) in [5.41, 5.74) is 0. The molecule has 106 valence electrons. The van der Waals surface area contributed by atoms with Crippen molar-refractivity contribution in [2.75, 3.05) is 26.2 Å². The first kappa shape index (κ1) is 14.2. The van der Waals surface area contributed by atoms with Crippen LogP contribution < -0.4 is 4.72 Å². The molecule has 0 aromatic carbocycles. The fourth-order valence-electron chi connectivity index (χ4n) is 3.21. The van der Waals surface area contributed by atoms with Gasteiger partial charge in [0.1, 0.15) is 0 Å². The average Bonchev–Trinajstić information content (AvgIpc) is 2.73. The molecule has 2 fully saturated rings. The number of nitrogens with zero attached hydrogens (tertiary/aromatic N) is 2. The molecule has 2 aliphatic heterocycles. The van der Waals surface area contributed by atoms with E-state index in [1.807, 2.05) is 13.8 Å². The summed E-state index contributed by atoms with van der Waals surface area (Å²) in [4.78, 5) is 2.44. The van der Waals surface area contributed by atoms with Crippen molar-refractivity contribution in [1.29, 1.82) is 0 Å². The van der Waals surface area contributed by atoms with Crippen LogP contribution in [0.3, 0.4) is 0 Å². The van der Waals surface area contributed by atoms with Crippen LogP contribution in [0, 0.1) is 0 Å². The second kappa shape index (κ2) is 5.86. The van der Waals surface area contributed by atoms with E-state index in [0.29, 0.717) is 19.1 Å². The predicted molar refractivity (Wildman–Crippen MR) is 72.6 cm³/mol. The van der Waals surface area contributed by atoms with Crippen molar-refractivity contribution < 1.29 is 8.42 Å². The molecule has 0 radical (unpaired) electrons. The molecule has 2 aliphatic rings. The summed E-state index contributed by atoms with van der Waals surface area (Å²) < 4.78 is 28.9. The van der Waals surface area contributed by atoms with Crippen LogP contribution in [0.4, 0.5) is 0 Å². The van der Waals surface area contributed by atoms with E-state index in [-0.39, 0.29) is 6.04 Å². The molecule has 0 spiro atoms. The van der Waals surface area contributed by atoms with Gasteiger partial charge in [-0.15, -0.1) is 0 Å². The Balaban J connectivity index is 2.01. The molecule has 6 heteroatoms. The number of piperidine rings is 1. The fourth-order valence-corrected chi connectivity index (χ4v) is 4.70. The lowest BCUT2D eigenvalue weighted by Crippen LogP contribution is -2.51. The SMILES string of the molecule is CCN(CC)S(=O)(=O)NC1CCN2CCCCC12. The van der Waals surface area contributed by atoms with Gasteiger partial charge in [-0.05, 0) is 25.8 Å². The minimum absolute atomic E-state index is 0.107. The molecule has 18 heavy (non-hydrogen) atoms. The van der Waals surface area contributed by atoms with Crippen LogP contribution in [0.2, 0.25) is 0 Å². The van der Waals surface area contributed by atoms with Crippen molar-refractivity contribution in [3.8, 4) is 0 Å². The lowest BCUT2D eigenvalue weighted by atomic mass is 10.00. The smallest absolute Gasteiger partial charge is 0.279 e. The maximum absolute atomic E-state index is 12.2. The van der Waals surface area contributed by atoms with Crippen molar-refractivity contribution in [2.45, 2.75) is 51.6 Å². The first-order valence-electron chi connectivity index (χ1n) is 7.10. The second-order valence-corrected chi connectivity index (χ2v) is 6.90. The predicted octanol–water partition coefficient (Wildman–Crippen LogP) is 0.789. The maximum atomic E-state index is 12.2. The van der Waals surface area contributed by atoms with Crippen molar-refractivity contribution in [3.63, 3.8) is 0 Å². The second-order valence-electron chi connectivity index (χ2n) is 5.20. The molecule has 0 aromatic heterocycles. The minimum Gasteiger partial charge on any atom is -0.299 e. The third kappa shape index (κ3) is 2.87. The molecule has 0 aromatic rings. The van der Waals surface area contributed by atoms with E-state index in [1.54, 1.807) is 0 Å². The lowest BCUT2D eigenvalue weighted by Gasteiger charge is -2.33. The Labute approximate surface area is 111 Å². The summed E-state index contributed by atoms with van der Waals surface area (Å²) in [6.45, 7) is 7.00. The van der Waals surface area contributed by atoms with Crippen LogP contribution in [0.5, 0.6) is 0 Å². The first-order valence-corrected chi connectivity index (χ1v) is 8.54. The quantitative estimate of drug-likeness (QED) is 0.807. The molecular formula is C12H25N3O2S. The lowest BCUT2D eigenvalue weighted by molar-refractivity contribution is 0.185. The minimum atomic E-state index is -3.30. The van der Waals surface area contributed by atoms with Gasteiger partial charge in [-0.25, -0.2) is 0 Å². The van der Waals surface area contributed by atoms with Gasteiger partial charge in [0.2, 0.25) is 0 Å². The molecule has 2 unspecified atom stereocenters. The molecule has 0 aliphatic carbocycles. The van der Waals surface area contributed by atoms with Gasteiger partial charge < -0.3 is 0 Å². The zero-order chi connectivity index (χ0) is 13.2. The van der Waals surface area contributed by atoms with Gasteiger partial charge in [0.25, 0.3) is 10.2 Å². The Morgan fingerprint density at radius 3 is 2.56 bits per heavy atom.